The molecule has 162 valence electrons. The molecular weight excluding hydrogens is 432 g/mol. The number of anilines is 2. The van der Waals surface area contributed by atoms with Crippen LogP contribution in [0.15, 0.2) is 70.6 Å². The molecule has 0 bridgehead atoms. The number of amides is 1. The molecule has 2 N–H and O–H groups in total. The molecule has 0 atom stereocenters. The van der Waals surface area contributed by atoms with Crippen molar-refractivity contribution in [3.63, 3.8) is 0 Å². The minimum Gasteiger partial charge on any atom is -0.322 e. The van der Waals surface area contributed by atoms with Crippen LogP contribution < -0.4 is 15.6 Å². The largest absolute Gasteiger partial charge is 0.322 e. The molecule has 32 heavy (non-hydrogen) atoms. The summed E-state index contributed by atoms with van der Waals surface area (Å²) in [6.45, 7) is 1.72. The number of sulfonamides is 1. The Morgan fingerprint density at radius 2 is 1.78 bits per heavy atom. The Bertz CT molecular complexity index is 1500. The Labute approximate surface area is 183 Å². The predicted molar refractivity (Wildman–Crippen MR) is 119 cm³/mol. The van der Waals surface area contributed by atoms with E-state index in [1.54, 1.807) is 38.4 Å². The van der Waals surface area contributed by atoms with Gasteiger partial charge in [0.25, 0.3) is 21.5 Å². The van der Waals surface area contributed by atoms with Gasteiger partial charge in [-0.3, -0.25) is 14.2 Å². The minimum absolute atomic E-state index is 0.0340. The molecule has 1 amide bonds. The monoisotopic (exact) mass is 450 g/mol. The zero-order valence-corrected chi connectivity index (χ0v) is 17.9. The highest BCUT2D eigenvalue weighted by atomic mass is 32.2. The van der Waals surface area contributed by atoms with Crippen molar-refractivity contribution < 1.29 is 13.2 Å². The highest BCUT2D eigenvalue weighted by Crippen LogP contribution is 2.18. The lowest BCUT2D eigenvalue weighted by Crippen LogP contribution is -2.28. The van der Waals surface area contributed by atoms with Gasteiger partial charge in [0, 0.05) is 36.2 Å². The number of nitrogens with one attached hydrogen (secondary N) is 2. The van der Waals surface area contributed by atoms with Crippen molar-refractivity contribution in [2.24, 2.45) is 7.05 Å². The van der Waals surface area contributed by atoms with Gasteiger partial charge in [-0.25, -0.2) is 28.1 Å². The summed E-state index contributed by atoms with van der Waals surface area (Å²) in [6, 6.07) is 12.1. The summed E-state index contributed by atoms with van der Waals surface area (Å²) in [4.78, 5) is 37.3. The van der Waals surface area contributed by atoms with E-state index in [4.69, 9.17) is 0 Å². The topological polar surface area (TPSA) is 136 Å². The standard InChI is InChI=1S/C21H18N6O4S/c1-13-9-11-23-21(24-13)26-32(30,31)16-7-5-15(6-8-16)25-19(28)17-12-14-4-3-10-22-18(14)27(2)20(17)29/h3-12H,1-2H3,(H,25,28)(H,23,24,26). The third-order valence-corrected chi connectivity index (χ3v) is 6.00. The van der Waals surface area contributed by atoms with Crippen LogP contribution in [0.3, 0.4) is 0 Å². The molecule has 0 unspecified atom stereocenters. The Morgan fingerprint density at radius 1 is 1.03 bits per heavy atom. The third kappa shape index (κ3) is 4.18. The lowest BCUT2D eigenvalue weighted by atomic mass is 10.2. The van der Waals surface area contributed by atoms with Crippen molar-refractivity contribution in [1.29, 1.82) is 0 Å². The molecule has 3 aromatic heterocycles. The van der Waals surface area contributed by atoms with Gasteiger partial charge >= 0.3 is 0 Å². The molecule has 0 saturated carbocycles. The van der Waals surface area contributed by atoms with Crippen LogP contribution in [-0.4, -0.2) is 33.8 Å². The normalized spacial score (nSPS) is 11.3. The molecule has 1 aromatic carbocycles. The van der Waals surface area contributed by atoms with Gasteiger partial charge in [0.05, 0.1) is 4.90 Å². The van der Waals surface area contributed by atoms with Gasteiger partial charge in [-0.2, -0.15) is 0 Å². The lowest BCUT2D eigenvalue weighted by molar-refractivity contribution is 0.102. The van der Waals surface area contributed by atoms with Crippen molar-refractivity contribution in [2.75, 3.05) is 10.0 Å². The van der Waals surface area contributed by atoms with E-state index in [-0.39, 0.29) is 16.4 Å². The van der Waals surface area contributed by atoms with Crippen molar-refractivity contribution in [3.05, 3.63) is 82.5 Å². The highest BCUT2D eigenvalue weighted by molar-refractivity contribution is 7.92. The fraction of sp³-hybridized carbons (Fsp3) is 0.0952. The summed E-state index contributed by atoms with van der Waals surface area (Å²) < 4.78 is 28.7. The molecule has 0 aliphatic rings. The fourth-order valence-electron chi connectivity index (χ4n) is 3.05. The van der Waals surface area contributed by atoms with E-state index < -0.39 is 21.5 Å². The quantitative estimate of drug-likeness (QED) is 0.475. The van der Waals surface area contributed by atoms with Crippen LogP contribution >= 0.6 is 0 Å². The molecule has 4 aromatic rings. The lowest BCUT2D eigenvalue weighted by Gasteiger charge is -2.10. The summed E-state index contributed by atoms with van der Waals surface area (Å²) in [5, 5.41) is 3.26. The van der Waals surface area contributed by atoms with Gasteiger partial charge in [-0.1, -0.05) is 0 Å². The van der Waals surface area contributed by atoms with Crippen LogP contribution in [0.5, 0.6) is 0 Å². The maximum atomic E-state index is 12.7. The third-order valence-electron chi connectivity index (χ3n) is 4.66. The number of fused-ring (bicyclic) bond motifs is 1. The van der Waals surface area contributed by atoms with Crippen LogP contribution in [-0.2, 0) is 17.1 Å². The molecule has 10 nitrogen and oxygen atoms in total. The first-order chi connectivity index (χ1) is 15.2. The predicted octanol–water partition coefficient (Wildman–Crippen LogP) is 2.09. The fourth-order valence-corrected chi connectivity index (χ4v) is 4.00. The van der Waals surface area contributed by atoms with Gasteiger partial charge < -0.3 is 5.32 Å². The second-order valence-corrected chi connectivity index (χ2v) is 8.63. The average molecular weight is 450 g/mol. The molecule has 0 radical (unpaired) electrons. The molecule has 0 fully saturated rings. The molecule has 0 spiro atoms. The minimum atomic E-state index is -3.91. The number of aryl methyl sites for hydroxylation is 2. The number of pyridine rings is 2. The zero-order chi connectivity index (χ0) is 22.9. The zero-order valence-electron chi connectivity index (χ0n) is 17.1. The van der Waals surface area contributed by atoms with Crippen molar-refractivity contribution >= 4 is 38.6 Å². The van der Waals surface area contributed by atoms with E-state index in [0.29, 0.717) is 22.4 Å². The molecule has 11 heteroatoms. The number of hydrogen-bond donors (Lipinski definition) is 2. The maximum absolute atomic E-state index is 12.7. The first kappa shape index (κ1) is 21.1. The van der Waals surface area contributed by atoms with Gasteiger partial charge in [0.15, 0.2) is 0 Å². The summed E-state index contributed by atoms with van der Waals surface area (Å²) in [5.74, 6) is -0.651. The average Bonchev–Trinajstić information content (AvgIpc) is 2.76. The SMILES string of the molecule is Cc1ccnc(NS(=O)(=O)c2ccc(NC(=O)c3cc4cccnc4n(C)c3=O)cc2)n1. The van der Waals surface area contributed by atoms with E-state index >= 15 is 0 Å². The van der Waals surface area contributed by atoms with Crippen LogP contribution in [0.2, 0.25) is 0 Å². The first-order valence-electron chi connectivity index (χ1n) is 9.43. The Hall–Kier alpha value is -4.12. The summed E-state index contributed by atoms with van der Waals surface area (Å²) >= 11 is 0. The molecular formula is C21H18N6O4S. The van der Waals surface area contributed by atoms with Crippen LogP contribution in [0.1, 0.15) is 16.1 Å². The van der Waals surface area contributed by atoms with E-state index in [0.717, 1.165) is 0 Å². The maximum Gasteiger partial charge on any atom is 0.264 e. The van der Waals surface area contributed by atoms with E-state index in [1.165, 1.54) is 41.1 Å². The number of nitrogens with zero attached hydrogens (tertiary/aromatic N) is 4. The number of carbonyl (C=O) groups excluding carboxylic acids is 1. The highest BCUT2D eigenvalue weighted by Gasteiger charge is 2.18. The Balaban J connectivity index is 1.55. The van der Waals surface area contributed by atoms with Gasteiger partial charge in [-0.05, 0) is 55.5 Å². The summed E-state index contributed by atoms with van der Waals surface area (Å²) in [7, 11) is -2.37. The number of hydrogen-bond acceptors (Lipinski definition) is 7. The number of aromatic nitrogens is 4. The number of benzene rings is 1. The van der Waals surface area contributed by atoms with Crippen LogP contribution in [0, 0.1) is 6.92 Å². The van der Waals surface area contributed by atoms with Crippen LogP contribution in [0.4, 0.5) is 11.6 Å². The smallest absolute Gasteiger partial charge is 0.264 e. The molecule has 0 saturated heterocycles. The second kappa shape index (κ2) is 8.19. The van der Waals surface area contributed by atoms with Gasteiger partial charge in [-0.15, -0.1) is 0 Å². The van der Waals surface area contributed by atoms with Crippen LogP contribution in [0.25, 0.3) is 11.0 Å². The number of carbonyl (C=O) groups is 1. The van der Waals surface area contributed by atoms with E-state index in [2.05, 4.69) is 25.0 Å². The van der Waals surface area contributed by atoms with E-state index in [1.807, 2.05) is 0 Å². The molecule has 3 heterocycles. The van der Waals surface area contributed by atoms with Gasteiger partial charge in [0.2, 0.25) is 5.95 Å². The van der Waals surface area contributed by atoms with Crippen molar-refractivity contribution in [1.82, 2.24) is 19.5 Å². The van der Waals surface area contributed by atoms with Crippen molar-refractivity contribution in [2.45, 2.75) is 11.8 Å². The second-order valence-electron chi connectivity index (χ2n) is 6.94. The Morgan fingerprint density at radius 3 is 2.50 bits per heavy atom. The number of rotatable bonds is 5. The van der Waals surface area contributed by atoms with Crippen molar-refractivity contribution in [3.8, 4) is 0 Å². The molecule has 4 rings (SSSR count). The Kier molecular flexibility index (Phi) is 5.41. The van der Waals surface area contributed by atoms with E-state index in [9.17, 15) is 18.0 Å². The van der Waals surface area contributed by atoms with Gasteiger partial charge in [0.1, 0.15) is 11.2 Å². The molecule has 0 aliphatic carbocycles. The first-order valence-corrected chi connectivity index (χ1v) is 10.9. The molecule has 0 aliphatic heterocycles. The summed E-state index contributed by atoms with van der Waals surface area (Å²) in [6.07, 6.45) is 3.02. The summed E-state index contributed by atoms with van der Waals surface area (Å²) in [5.41, 5.74) is 0.868.